The average molecular weight is 478 g/mol. The number of aromatic nitrogens is 3. The summed E-state index contributed by atoms with van der Waals surface area (Å²) >= 11 is 0. The number of rotatable bonds is 7. The number of halogens is 2. The van der Waals surface area contributed by atoms with Crippen molar-refractivity contribution < 1.29 is 23.5 Å². The lowest BCUT2D eigenvalue weighted by molar-refractivity contribution is -0.129. The fraction of sp³-hybridized carbons (Fsp3) is 0.565. The first-order valence-electron chi connectivity index (χ1n) is 11.5. The van der Waals surface area contributed by atoms with E-state index >= 15 is 0 Å². The second-order valence-corrected chi connectivity index (χ2v) is 9.40. The third kappa shape index (κ3) is 4.43. The first-order valence-corrected chi connectivity index (χ1v) is 11.5. The lowest BCUT2D eigenvalue weighted by atomic mass is 10.1. The molecule has 1 saturated carbocycles. The number of nitrogens with zero attached hydrogens (tertiary/aromatic N) is 4. The van der Waals surface area contributed by atoms with Crippen LogP contribution < -0.4 is 10.9 Å². The number of hydrogen-bond acceptors (Lipinski definition) is 5. The second kappa shape index (κ2) is 9.19. The molecule has 2 aromatic rings. The van der Waals surface area contributed by atoms with Crippen molar-refractivity contribution in [1.29, 1.82) is 0 Å². The van der Waals surface area contributed by atoms with E-state index in [4.69, 9.17) is 0 Å². The Balaban J connectivity index is 1.79. The highest BCUT2D eigenvalue weighted by Crippen LogP contribution is 2.27. The molecule has 1 saturated heterocycles. The molecule has 2 aliphatic rings. The topological polar surface area (TPSA) is 109 Å². The molecule has 2 aromatic heterocycles. The lowest BCUT2D eigenvalue weighted by Crippen LogP contribution is -2.38. The molecule has 2 N–H and O–H groups in total. The fourth-order valence-electron chi connectivity index (χ4n) is 4.36. The third-order valence-corrected chi connectivity index (χ3v) is 6.17. The van der Waals surface area contributed by atoms with Crippen LogP contribution in [0.25, 0.3) is 11.7 Å². The summed E-state index contributed by atoms with van der Waals surface area (Å²) in [6.45, 7) is 5.94. The van der Waals surface area contributed by atoms with Crippen LogP contribution in [0.5, 0.6) is 5.88 Å². The summed E-state index contributed by atoms with van der Waals surface area (Å²) in [5.74, 6) is -1.76. The Hall–Kier alpha value is -3.24. The second-order valence-electron chi connectivity index (χ2n) is 9.40. The van der Waals surface area contributed by atoms with Crippen molar-refractivity contribution in [2.45, 2.75) is 71.5 Å². The van der Waals surface area contributed by atoms with Crippen molar-refractivity contribution in [3.05, 3.63) is 33.3 Å². The van der Waals surface area contributed by atoms with Gasteiger partial charge in [-0.15, -0.1) is 0 Å². The van der Waals surface area contributed by atoms with E-state index in [9.17, 15) is 28.3 Å². The molecule has 2 amide bonds. The van der Waals surface area contributed by atoms with Crippen LogP contribution in [0.2, 0.25) is 0 Å². The maximum absolute atomic E-state index is 13.3. The van der Waals surface area contributed by atoms with Crippen LogP contribution in [0, 0.1) is 12.8 Å². The molecule has 3 heterocycles. The molecule has 184 valence electrons. The van der Waals surface area contributed by atoms with Crippen molar-refractivity contribution in [3.8, 4) is 5.88 Å². The van der Waals surface area contributed by atoms with Crippen LogP contribution in [0.1, 0.15) is 61.1 Å². The number of nitrogens with one attached hydrogen (secondary N) is 1. The van der Waals surface area contributed by atoms with Crippen molar-refractivity contribution >= 4 is 23.5 Å². The zero-order valence-corrected chi connectivity index (χ0v) is 19.4. The molecule has 0 aromatic carbocycles. The predicted molar refractivity (Wildman–Crippen MR) is 121 cm³/mol. The van der Waals surface area contributed by atoms with Gasteiger partial charge in [-0.25, -0.2) is 8.78 Å². The van der Waals surface area contributed by atoms with Crippen LogP contribution >= 0.6 is 0 Å². The minimum absolute atomic E-state index is 0.00735. The monoisotopic (exact) mass is 477 g/mol. The van der Waals surface area contributed by atoms with Gasteiger partial charge in [-0.3, -0.25) is 19.0 Å². The van der Waals surface area contributed by atoms with Crippen LogP contribution in [-0.4, -0.2) is 61.1 Å². The number of likely N-dealkylation sites (tertiary alicyclic amines) is 1. The van der Waals surface area contributed by atoms with E-state index in [1.165, 1.54) is 16.7 Å². The Kier molecular flexibility index (Phi) is 6.46. The predicted octanol–water partition coefficient (Wildman–Crippen LogP) is 2.33. The highest BCUT2D eigenvalue weighted by atomic mass is 19.3. The van der Waals surface area contributed by atoms with E-state index in [1.807, 2.05) is 13.8 Å². The van der Waals surface area contributed by atoms with Gasteiger partial charge in [0.25, 0.3) is 17.9 Å². The summed E-state index contributed by atoms with van der Waals surface area (Å²) in [7, 11) is 0. The molecule has 1 atom stereocenters. The van der Waals surface area contributed by atoms with Gasteiger partial charge in [0.2, 0.25) is 11.8 Å². The van der Waals surface area contributed by atoms with Crippen LogP contribution in [0.15, 0.2) is 10.9 Å². The van der Waals surface area contributed by atoms with Crippen molar-refractivity contribution in [2.24, 2.45) is 5.92 Å². The number of carbonyl (C=O) groups is 2. The molecule has 34 heavy (non-hydrogen) atoms. The number of amides is 2. The largest absolute Gasteiger partial charge is 0.492 e. The highest BCUT2D eigenvalue weighted by Gasteiger charge is 2.34. The van der Waals surface area contributed by atoms with Gasteiger partial charge in [0, 0.05) is 30.8 Å². The maximum atomic E-state index is 13.3. The van der Waals surface area contributed by atoms with Crippen LogP contribution in [0.4, 0.5) is 8.78 Å². The van der Waals surface area contributed by atoms with Crippen LogP contribution in [0.3, 0.4) is 0 Å². The summed E-state index contributed by atoms with van der Waals surface area (Å²) in [4.78, 5) is 39.8. The molecular weight excluding hydrogens is 448 g/mol. The summed E-state index contributed by atoms with van der Waals surface area (Å²) < 4.78 is 29.0. The molecule has 4 rings (SSSR count). The van der Waals surface area contributed by atoms with E-state index in [-0.39, 0.29) is 42.7 Å². The number of aromatic hydroxyl groups is 1. The smallest absolute Gasteiger partial charge is 0.270 e. The SMILES string of the molecule is Cc1nn2c(O)c(C(=O)NC3CC3)c(=O)n(CC(C)C)c2c1/C=C/C(=O)N1CCC[C@H]1C(F)F. The molecule has 0 spiro atoms. The molecule has 0 bridgehead atoms. The third-order valence-electron chi connectivity index (χ3n) is 6.17. The van der Waals surface area contributed by atoms with Crippen molar-refractivity contribution in [2.75, 3.05) is 6.54 Å². The van der Waals surface area contributed by atoms with Gasteiger partial charge >= 0.3 is 0 Å². The van der Waals surface area contributed by atoms with Gasteiger partial charge < -0.3 is 15.3 Å². The van der Waals surface area contributed by atoms with Crippen molar-refractivity contribution in [1.82, 2.24) is 24.4 Å². The van der Waals surface area contributed by atoms with Gasteiger partial charge in [0.05, 0.1) is 11.7 Å². The first kappa shape index (κ1) is 23.9. The number of hydrogen-bond donors (Lipinski definition) is 2. The molecule has 9 nitrogen and oxygen atoms in total. The first-order chi connectivity index (χ1) is 16.1. The summed E-state index contributed by atoms with van der Waals surface area (Å²) in [6.07, 6.45) is 2.41. The maximum Gasteiger partial charge on any atom is 0.270 e. The van der Waals surface area contributed by atoms with E-state index in [0.29, 0.717) is 17.7 Å². The lowest BCUT2D eigenvalue weighted by Gasteiger charge is -2.22. The molecule has 0 unspecified atom stereocenters. The molecule has 2 fully saturated rings. The van der Waals surface area contributed by atoms with Gasteiger partial charge in [0.1, 0.15) is 5.65 Å². The Bertz CT molecular complexity index is 1210. The molecule has 1 aliphatic carbocycles. The van der Waals surface area contributed by atoms with E-state index in [2.05, 4.69) is 10.4 Å². The van der Waals surface area contributed by atoms with Gasteiger partial charge in [-0.1, -0.05) is 13.8 Å². The van der Waals surface area contributed by atoms with E-state index < -0.39 is 35.7 Å². The van der Waals surface area contributed by atoms with Gasteiger partial charge in [-0.2, -0.15) is 9.61 Å². The Morgan fingerprint density at radius 1 is 1.26 bits per heavy atom. The number of alkyl halides is 2. The Morgan fingerprint density at radius 2 is 1.97 bits per heavy atom. The number of carbonyl (C=O) groups excluding carboxylic acids is 2. The Morgan fingerprint density at radius 3 is 2.59 bits per heavy atom. The van der Waals surface area contributed by atoms with Crippen molar-refractivity contribution in [3.63, 3.8) is 0 Å². The van der Waals surface area contributed by atoms with Crippen LogP contribution in [-0.2, 0) is 11.3 Å². The highest BCUT2D eigenvalue weighted by molar-refractivity contribution is 5.97. The quantitative estimate of drug-likeness (QED) is 0.595. The minimum Gasteiger partial charge on any atom is -0.492 e. The van der Waals surface area contributed by atoms with Gasteiger partial charge in [-0.05, 0) is 44.6 Å². The summed E-state index contributed by atoms with van der Waals surface area (Å²) in [5, 5.41) is 17.9. The Labute approximate surface area is 195 Å². The summed E-state index contributed by atoms with van der Waals surface area (Å²) in [6, 6.07) is -1.12. The normalized spacial score (nSPS) is 18.7. The minimum atomic E-state index is -2.62. The number of fused-ring (bicyclic) bond motifs is 1. The zero-order chi connectivity index (χ0) is 24.7. The number of aryl methyl sites for hydroxylation is 1. The molecule has 11 heteroatoms. The summed E-state index contributed by atoms with van der Waals surface area (Å²) in [5.41, 5.74) is -0.0141. The average Bonchev–Trinajstić information content (AvgIpc) is 3.31. The van der Waals surface area contributed by atoms with E-state index in [0.717, 1.165) is 22.3 Å². The zero-order valence-electron chi connectivity index (χ0n) is 19.4. The van der Waals surface area contributed by atoms with Gasteiger partial charge in [0.15, 0.2) is 5.56 Å². The van der Waals surface area contributed by atoms with E-state index in [1.54, 1.807) is 6.92 Å². The molecule has 1 aliphatic heterocycles. The fourth-order valence-corrected chi connectivity index (χ4v) is 4.36. The standard InChI is InChI=1S/C23H29F2N5O4/c1-12(2)11-29-21-15(8-9-17(31)28-10-4-5-16(28)19(24)25)13(3)27-30(21)23(34)18(22(29)33)20(32)26-14-6-7-14/h8-9,12,14,16,19,34H,4-7,10-11H2,1-3H3,(H,26,32)/b9-8+/t16-/m0/s1. The molecule has 0 radical (unpaired) electrons. The molecular formula is C23H29F2N5O4.